The van der Waals surface area contributed by atoms with Crippen LogP contribution in [0, 0.1) is 0 Å². The van der Waals surface area contributed by atoms with E-state index in [9.17, 15) is 0 Å². The average molecular weight is 338 g/mol. The van der Waals surface area contributed by atoms with E-state index in [-0.39, 0.29) is 5.41 Å². The van der Waals surface area contributed by atoms with Crippen LogP contribution >= 0.6 is 15.9 Å². The lowest BCUT2D eigenvalue weighted by atomic mass is 9.64. The Hall–Kier alpha value is -1.03. The molecule has 1 aromatic rings. The number of guanidine groups is 1. The molecule has 0 unspecified atom stereocenters. The number of halogens is 1. The first-order chi connectivity index (χ1) is 9.44. The number of benzene rings is 1. The van der Waals surface area contributed by atoms with Crippen LogP contribution in [0.2, 0.25) is 0 Å². The largest absolute Gasteiger partial charge is 0.349 e. The van der Waals surface area contributed by atoms with Crippen LogP contribution in [-0.2, 0) is 5.41 Å². The lowest BCUT2D eigenvalue weighted by Gasteiger charge is -2.42. The van der Waals surface area contributed by atoms with Gasteiger partial charge < -0.3 is 9.80 Å². The van der Waals surface area contributed by atoms with Crippen molar-refractivity contribution in [1.29, 1.82) is 0 Å². The molecule has 1 saturated carbocycles. The number of nitrogens with zero attached hydrogens (tertiary/aromatic N) is 3. The summed E-state index contributed by atoms with van der Waals surface area (Å²) in [5.74, 6) is 1.04. The number of aliphatic imine (C=N–C) groups is 1. The second-order valence-corrected chi connectivity index (χ2v) is 6.96. The average Bonchev–Trinajstić information content (AvgIpc) is 2.33. The minimum absolute atomic E-state index is 0.248. The van der Waals surface area contributed by atoms with Gasteiger partial charge in [-0.25, -0.2) is 0 Å². The maximum atomic E-state index is 4.87. The van der Waals surface area contributed by atoms with Crippen LogP contribution in [0.4, 0.5) is 0 Å². The minimum Gasteiger partial charge on any atom is -0.349 e. The van der Waals surface area contributed by atoms with Gasteiger partial charge in [0.05, 0.1) is 6.54 Å². The fraction of sp³-hybridized carbons (Fsp3) is 0.562. The zero-order valence-corrected chi connectivity index (χ0v) is 14.4. The van der Waals surface area contributed by atoms with Crippen LogP contribution in [0.1, 0.15) is 24.8 Å². The summed E-state index contributed by atoms with van der Waals surface area (Å²) in [5.41, 5.74) is 1.67. The van der Waals surface area contributed by atoms with E-state index in [1.54, 1.807) is 0 Å². The van der Waals surface area contributed by atoms with E-state index in [0.717, 1.165) is 17.0 Å². The number of hydrogen-bond acceptors (Lipinski definition) is 1. The van der Waals surface area contributed by atoms with E-state index in [1.807, 2.05) is 28.2 Å². The van der Waals surface area contributed by atoms with Gasteiger partial charge in [0.25, 0.3) is 0 Å². The van der Waals surface area contributed by atoms with E-state index in [2.05, 4.69) is 50.0 Å². The molecule has 1 fully saturated rings. The van der Waals surface area contributed by atoms with Gasteiger partial charge in [0.15, 0.2) is 5.96 Å². The normalized spacial score (nSPS) is 16.2. The number of rotatable bonds is 3. The zero-order valence-electron chi connectivity index (χ0n) is 12.9. The Bertz CT molecular complexity index is 463. The predicted octanol–water partition coefficient (Wildman–Crippen LogP) is 3.35. The van der Waals surface area contributed by atoms with Gasteiger partial charge in [-0.05, 0) is 30.5 Å². The van der Waals surface area contributed by atoms with E-state index in [0.29, 0.717) is 0 Å². The van der Waals surface area contributed by atoms with Crippen molar-refractivity contribution in [3.8, 4) is 0 Å². The molecule has 110 valence electrons. The van der Waals surface area contributed by atoms with Gasteiger partial charge in [0.1, 0.15) is 0 Å². The monoisotopic (exact) mass is 337 g/mol. The first kappa shape index (κ1) is 15.4. The lowest BCUT2D eigenvalue weighted by molar-refractivity contribution is 0.252. The summed E-state index contributed by atoms with van der Waals surface area (Å²) in [5, 5.41) is 0. The first-order valence-electron chi connectivity index (χ1n) is 7.10. The Morgan fingerprint density at radius 3 is 2.05 bits per heavy atom. The van der Waals surface area contributed by atoms with Crippen molar-refractivity contribution < 1.29 is 0 Å². The highest BCUT2D eigenvalue weighted by Gasteiger charge is 2.38. The molecule has 1 aliphatic rings. The van der Waals surface area contributed by atoms with Crippen LogP contribution in [0.15, 0.2) is 33.7 Å². The van der Waals surface area contributed by atoms with Gasteiger partial charge in [-0.2, -0.15) is 0 Å². The van der Waals surface area contributed by atoms with Gasteiger partial charge >= 0.3 is 0 Å². The van der Waals surface area contributed by atoms with Gasteiger partial charge in [0, 0.05) is 38.1 Å². The van der Waals surface area contributed by atoms with Crippen LogP contribution < -0.4 is 0 Å². The van der Waals surface area contributed by atoms with Gasteiger partial charge in [-0.3, -0.25) is 4.99 Å². The first-order valence-corrected chi connectivity index (χ1v) is 7.89. The fourth-order valence-corrected chi connectivity index (χ4v) is 3.11. The third-order valence-corrected chi connectivity index (χ3v) is 4.62. The second kappa shape index (κ2) is 6.17. The van der Waals surface area contributed by atoms with E-state index >= 15 is 0 Å². The molecule has 1 aliphatic carbocycles. The quantitative estimate of drug-likeness (QED) is 0.622. The highest BCUT2D eigenvalue weighted by atomic mass is 79.9. The SMILES string of the molecule is CN(C)C(=NCC1(c2ccc(Br)cc2)CCC1)N(C)C. The molecule has 0 aliphatic heterocycles. The minimum atomic E-state index is 0.248. The van der Waals surface area contributed by atoms with Crippen LogP contribution in [-0.4, -0.2) is 50.5 Å². The second-order valence-electron chi connectivity index (χ2n) is 6.05. The van der Waals surface area contributed by atoms with Crippen LogP contribution in [0.5, 0.6) is 0 Å². The molecule has 0 N–H and O–H groups in total. The van der Waals surface area contributed by atoms with Crippen LogP contribution in [0.3, 0.4) is 0 Å². The summed E-state index contributed by atoms with van der Waals surface area (Å²) < 4.78 is 1.14. The molecule has 0 heterocycles. The summed E-state index contributed by atoms with van der Waals surface area (Å²) in [6, 6.07) is 8.75. The third-order valence-electron chi connectivity index (χ3n) is 4.09. The molecular weight excluding hydrogens is 314 g/mol. The van der Waals surface area contributed by atoms with Crippen molar-refractivity contribution in [2.24, 2.45) is 4.99 Å². The maximum Gasteiger partial charge on any atom is 0.195 e. The van der Waals surface area contributed by atoms with Gasteiger partial charge in [-0.15, -0.1) is 0 Å². The highest BCUT2D eigenvalue weighted by molar-refractivity contribution is 9.10. The summed E-state index contributed by atoms with van der Waals surface area (Å²) in [6.07, 6.45) is 3.80. The summed E-state index contributed by atoms with van der Waals surface area (Å²) >= 11 is 3.51. The van der Waals surface area contributed by atoms with Crippen molar-refractivity contribution in [3.63, 3.8) is 0 Å². The van der Waals surface area contributed by atoms with Crippen molar-refractivity contribution in [2.75, 3.05) is 34.7 Å². The molecule has 1 aromatic carbocycles. The molecular formula is C16H24BrN3. The Labute approximate surface area is 130 Å². The maximum absolute atomic E-state index is 4.87. The zero-order chi connectivity index (χ0) is 14.8. The van der Waals surface area contributed by atoms with Gasteiger partial charge in [-0.1, -0.05) is 34.5 Å². The summed E-state index contributed by atoms with van der Waals surface area (Å²) in [4.78, 5) is 9.03. The number of hydrogen-bond donors (Lipinski definition) is 0. The van der Waals surface area contributed by atoms with Gasteiger partial charge in [0.2, 0.25) is 0 Å². The smallest absolute Gasteiger partial charge is 0.195 e. The molecule has 4 heteroatoms. The molecule has 0 bridgehead atoms. The molecule has 0 atom stereocenters. The molecule has 20 heavy (non-hydrogen) atoms. The lowest BCUT2D eigenvalue weighted by Crippen LogP contribution is -2.41. The van der Waals surface area contributed by atoms with E-state index in [4.69, 9.17) is 4.99 Å². The van der Waals surface area contributed by atoms with Crippen molar-refractivity contribution >= 4 is 21.9 Å². The molecule has 0 radical (unpaired) electrons. The Balaban J connectivity index is 2.20. The van der Waals surface area contributed by atoms with E-state index in [1.165, 1.54) is 24.8 Å². The molecule has 3 nitrogen and oxygen atoms in total. The molecule has 0 amide bonds. The standard InChI is InChI=1S/C16H24BrN3/c1-19(2)15(20(3)4)18-12-16(10-5-11-16)13-6-8-14(17)9-7-13/h6-9H,5,10-12H2,1-4H3. The summed E-state index contributed by atoms with van der Waals surface area (Å²) in [7, 11) is 8.19. The fourth-order valence-electron chi connectivity index (χ4n) is 2.85. The predicted molar refractivity (Wildman–Crippen MR) is 89.3 cm³/mol. The Morgan fingerprint density at radius 2 is 1.65 bits per heavy atom. The molecule has 0 aromatic heterocycles. The van der Waals surface area contributed by atoms with Crippen molar-refractivity contribution in [3.05, 3.63) is 34.3 Å². The highest BCUT2D eigenvalue weighted by Crippen LogP contribution is 2.44. The topological polar surface area (TPSA) is 18.8 Å². The molecule has 2 rings (SSSR count). The van der Waals surface area contributed by atoms with E-state index < -0.39 is 0 Å². The molecule has 0 spiro atoms. The molecule has 0 saturated heterocycles. The Kier molecular flexibility index (Phi) is 4.74. The van der Waals surface area contributed by atoms with Crippen LogP contribution in [0.25, 0.3) is 0 Å². The third kappa shape index (κ3) is 3.17. The van der Waals surface area contributed by atoms with Crippen molar-refractivity contribution in [2.45, 2.75) is 24.7 Å². The summed E-state index contributed by atoms with van der Waals surface area (Å²) in [6.45, 7) is 0.875. The van der Waals surface area contributed by atoms with Crippen molar-refractivity contribution in [1.82, 2.24) is 9.80 Å². The Morgan fingerprint density at radius 1 is 1.10 bits per heavy atom.